The maximum Gasteiger partial charge on any atom is 0.0597 e. The molecular formula is C15H21N3. The predicted molar refractivity (Wildman–Crippen MR) is 78.8 cm³/mol. The third-order valence-electron chi connectivity index (χ3n) is 3.61. The van der Waals surface area contributed by atoms with Crippen LogP contribution in [0.2, 0.25) is 0 Å². The Labute approximate surface area is 109 Å². The van der Waals surface area contributed by atoms with Crippen LogP contribution in [0.4, 0.5) is 11.4 Å². The van der Waals surface area contributed by atoms with Crippen LogP contribution in [0.5, 0.6) is 0 Å². The number of nitrogens with zero attached hydrogens (tertiary/aromatic N) is 1. The Morgan fingerprint density at radius 1 is 1.28 bits per heavy atom. The second-order valence-corrected chi connectivity index (χ2v) is 4.98. The van der Waals surface area contributed by atoms with Crippen LogP contribution in [0, 0.1) is 0 Å². The third-order valence-corrected chi connectivity index (χ3v) is 3.61. The largest absolute Gasteiger partial charge is 0.397 e. The number of hydrogen-bond donors (Lipinski definition) is 2. The number of allylic oxidation sites excluding steroid dienone is 3. The number of hydrogen-bond acceptors (Lipinski definition) is 3. The topological polar surface area (TPSA) is 55.3 Å². The quantitative estimate of drug-likeness (QED) is 0.799. The van der Waals surface area contributed by atoms with Crippen molar-refractivity contribution >= 4 is 11.4 Å². The number of anilines is 2. The van der Waals surface area contributed by atoms with Gasteiger partial charge in [-0.1, -0.05) is 36.4 Å². The first-order valence-electron chi connectivity index (χ1n) is 6.21. The summed E-state index contributed by atoms with van der Waals surface area (Å²) in [6.45, 7) is 0.564. The summed E-state index contributed by atoms with van der Waals surface area (Å²) in [5.41, 5.74) is 15.2. The SMILES string of the molecule is CN(C)c1cccc(C2(CN)C=CC=CC2)c1N. The molecule has 0 fully saturated rings. The molecule has 0 amide bonds. The Hall–Kier alpha value is -1.74. The predicted octanol–water partition coefficient (Wildman–Crippen LogP) is 2.05. The monoisotopic (exact) mass is 243 g/mol. The lowest BCUT2D eigenvalue weighted by Gasteiger charge is -2.33. The highest BCUT2D eigenvalue weighted by molar-refractivity contribution is 5.73. The molecule has 3 heteroatoms. The Kier molecular flexibility index (Phi) is 3.43. The van der Waals surface area contributed by atoms with E-state index in [2.05, 4.69) is 30.4 Å². The molecule has 0 spiro atoms. The lowest BCUT2D eigenvalue weighted by molar-refractivity contribution is 0.552. The van der Waals surface area contributed by atoms with E-state index in [4.69, 9.17) is 11.5 Å². The van der Waals surface area contributed by atoms with E-state index < -0.39 is 0 Å². The van der Waals surface area contributed by atoms with Crippen molar-refractivity contribution in [1.29, 1.82) is 0 Å². The van der Waals surface area contributed by atoms with Crippen LogP contribution in [-0.4, -0.2) is 20.6 Å². The van der Waals surface area contributed by atoms with Gasteiger partial charge < -0.3 is 16.4 Å². The van der Waals surface area contributed by atoms with Crippen molar-refractivity contribution in [3.05, 3.63) is 48.1 Å². The second kappa shape index (κ2) is 4.86. The Morgan fingerprint density at radius 2 is 2.06 bits per heavy atom. The number of nitrogens with two attached hydrogens (primary N) is 2. The highest BCUT2D eigenvalue weighted by Crippen LogP contribution is 2.38. The smallest absolute Gasteiger partial charge is 0.0597 e. The molecule has 0 aromatic heterocycles. The van der Waals surface area contributed by atoms with E-state index in [1.54, 1.807) is 0 Å². The van der Waals surface area contributed by atoms with Crippen LogP contribution < -0.4 is 16.4 Å². The van der Waals surface area contributed by atoms with Crippen LogP contribution in [-0.2, 0) is 5.41 Å². The molecule has 4 N–H and O–H groups in total. The molecule has 1 aliphatic rings. The summed E-state index contributed by atoms with van der Waals surface area (Å²) in [5, 5.41) is 0. The molecule has 18 heavy (non-hydrogen) atoms. The molecule has 0 radical (unpaired) electrons. The maximum absolute atomic E-state index is 6.32. The van der Waals surface area contributed by atoms with Gasteiger partial charge >= 0.3 is 0 Å². The highest BCUT2D eigenvalue weighted by atomic mass is 15.1. The van der Waals surface area contributed by atoms with Gasteiger partial charge in [0, 0.05) is 26.1 Å². The van der Waals surface area contributed by atoms with E-state index in [1.807, 2.05) is 31.1 Å². The zero-order chi connectivity index (χ0) is 13.2. The molecular weight excluding hydrogens is 222 g/mol. The zero-order valence-corrected chi connectivity index (χ0v) is 11.1. The minimum atomic E-state index is -0.162. The molecule has 0 aliphatic heterocycles. The first-order valence-corrected chi connectivity index (χ1v) is 6.21. The number of para-hydroxylation sites is 1. The average Bonchev–Trinajstić information content (AvgIpc) is 2.39. The minimum absolute atomic E-state index is 0.162. The third kappa shape index (κ3) is 2.02. The molecule has 3 nitrogen and oxygen atoms in total. The number of nitrogen functional groups attached to an aromatic ring is 1. The summed E-state index contributed by atoms with van der Waals surface area (Å²) < 4.78 is 0. The average molecular weight is 243 g/mol. The molecule has 2 rings (SSSR count). The molecule has 0 bridgehead atoms. The molecule has 1 aliphatic carbocycles. The van der Waals surface area contributed by atoms with E-state index in [9.17, 15) is 0 Å². The molecule has 1 atom stereocenters. The number of rotatable bonds is 3. The van der Waals surface area contributed by atoms with Crippen LogP contribution in [0.25, 0.3) is 0 Å². The van der Waals surface area contributed by atoms with Gasteiger partial charge in [0.1, 0.15) is 0 Å². The second-order valence-electron chi connectivity index (χ2n) is 4.98. The molecule has 1 aromatic carbocycles. The van der Waals surface area contributed by atoms with E-state index in [-0.39, 0.29) is 5.41 Å². The van der Waals surface area contributed by atoms with Gasteiger partial charge in [0.15, 0.2) is 0 Å². The van der Waals surface area contributed by atoms with E-state index in [0.29, 0.717) is 6.54 Å². The van der Waals surface area contributed by atoms with Gasteiger partial charge in [0.25, 0.3) is 0 Å². The van der Waals surface area contributed by atoms with E-state index in [0.717, 1.165) is 23.4 Å². The molecule has 0 saturated carbocycles. The summed E-state index contributed by atoms with van der Waals surface area (Å²) >= 11 is 0. The molecule has 1 unspecified atom stereocenters. The van der Waals surface area contributed by atoms with Crippen molar-refractivity contribution < 1.29 is 0 Å². The van der Waals surface area contributed by atoms with Crippen molar-refractivity contribution in [2.45, 2.75) is 11.8 Å². The van der Waals surface area contributed by atoms with Crippen LogP contribution in [0.15, 0.2) is 42.5 Å². The zero-order valence-electron chi connectivity index (χ0n) is 11.1. The first-order chi connectivity index (χ1) is 8.60. The van der Waals surface area contributed by atoms with Crippen molar-refractivity contribution in [3.8, 4) is 0 Å². The highest BCUT2D eigenvalue weighted by Gasteiger charge is 2.30. The van der Waals surface area contributed by atoms with E-state index >= 15 is 0 Å². The Balaban J connectivity index is 2.53. The summed E-state index contributed by atoms with van der Waals surface area (Å²) in [6.07, 6.45) is 9.33. The lowest BCUT2D eigenvalue weighted by Crippen LogP contribution is -2.34. The Morgan fingerprint density at radius 3 is 2.61 bits per heavy atom. The maximum atomic E-state index is 6.32. The molecule has 96 valence electrons. The van der Waals surface area contributed by atoms with Crippen molar-refractivity contribution in [1.82, 2.24) is 0 Å². The van der Waals surface area contributed by atoms with Gasteiger partial charge in [0.05, 0.1) is 11.4 Å². The molecule has 1 aromatic rings. The van der Waals surface area contributed by atoms with Crippen LogP contribution in [0.3, 0.4) is 0 Å². The van der Waals surface area contributed by atoms with E-state index in [1.165, 1.54) is 0 Å². The normalized spacial score (nSPS) is 22.2. The minimum Gasteiger partial charge on any atom is -0.397 e. The summed E-state index contributed by atoms with van der Waals surface area (Å²) in [7, 11) is 4.00. The fourth-order valence-electron chi connectivity index (χ4n) is 2.50. The lowest BCUT2D eigenvalue weighted by atomic mass is 9.74. The van der Waals surface area contributed by atoms with Crippen molar-refractivity contribution in [2.75, 3.05) is 31.3 Å². The van der Waals surface area contributed by atoms with Crippen molar-refractivity contribution in [2.24, 2.45) is 5.73 Å². The fourth-order valence-corrected chi connectivity index (χ4v) is 2.50. The van der Waals surface area contributed by atoms with Gasteiger partial charge in [-0.25, -0.2) is 0 Å². The summed E-state index contributed by atoms with van der Waals surface area (Å²) in [5.74, 6) is 0. The summed E-state index contributed by atoms with van der Waals surface area (Å²) in [4.78, 5) is 2.03. The standard InChI is InChI=1S/C15H21N3/c1-18(2)13-8-6-7-12(14(13)17)15(11-16)9-4-3-5-10-15/h3-9H,10-11,16-17H2,1-2H3. The number of benzene rings is 1. The van der Waals surface area contributed by atoms with Gasteiger partial charge in [-0.15, -0.1) is 0 Å². The van der Waals surface area contributed by atoms with Crippen LogP contribution in [0.1, 0.15) is 12.0 Å². The Bertz CT molecular complexity index is 489. The van der Waals surface area contributed by atoms with Gasteiger partial charge in [0.2, 0.25) is 0 Å². The fraction of sp³-hybridized carbons (Fsp3) is 0.333. The van der Waals surface area contributed by atoms with Gasteiger partial charge in [-0.05, 0) is 18.1 Å². The molecule has 0 saturated heterocycles. The van der Waals surface area contributed by atoms with Crippen LogP contribution >= 0.6 is 0 Å². The molecule has 0 heterocycles. The first kappa shape index (κ1) is 12.7. The van der Waals surface area contributed by atoms with Gasteiger partial charge in [-0.3, -0.25) is 0 Å². The summed E-state index contributed by atoms with van der Waals surface area (Å²) in [6, 6.07) is 6.16. The van der Waals surface area contributed by atoms with Crippen molar-refractivity contribution in [3.63, 3.8) is 0 Å². The van der Waals surface area contributed by atoms with Gasteiger partial charge in [-0.2, -0.15) is 0 Å².